The van der Waals surface area contributed by atoms with Gasteiger partial charge in [0.1, 0.15) is 0 Å². The molecule has 56 valence electrons. The van der Waals surface area contributed by atoms with Crippen molar-refractivity contribution in [1.29, 1.82) is 0 Å². The van der Waals surface area contributed by atoms with Crippen LogP contribution in [0.4, 0.5) is 0 Å². The maximum Gasteiger partial charge on any atom is 0.0178 e. The van der Waals surface area contributed by atoms with Crippen LogP contribution in [0.15, 0.2) is 24.3 Å². The maximum absolute atomic E-state index is 5.52. The van der Waals surface area contributed by atoms with Crippen molar-refractivity contribution >= 4 is 6.08 Å². The van der Waals surface area contributed by atoms with E-state index in [4.69, 9.17) is 5.73 Å². The largest absolute Gasteiger partial charge is 0.326 e. The third kappa shape index (κ3) is 1.08. The number of nitrogens with two attached hydrogens (primary N) is 1. The molecule has 1 aromatic rings. The second-order valence-corrected chi connectivity index (χ2v) is 2.84. The molecular weight excluding hydrogens is 134 g/mol. The van der Waals surface area contributed by atoms with Gasteiger partial charge in [0.25, 0.3) is 0 Å². The summed E-state index contributed by atoms with van der Waals surface area (Å²) < 4.78 is 0. The number of rotatable bonds is 1. The third-order valence-corrected chi connectivity index (χ3v) is 2.08. The van der Waals surface area contributed by atoms with Crippen LogP contribution in [0.5, 0.6) is 0 Å². The predicted molar refractivity (Wildman–Crippen MR) is 47.1 cm³/mol. The molecule has 0 atom stereocenters. The molecule has 0 radical (unpaired) electrons. The van der Waals surface area contributed by atoms with Gasteiger partial charge in [0.05, 0.1) is 0 Å². The minimum absolute atomic E-state index is 0.646. The first-order valence-electron chi connectivity index (χ1n) is 3.88. The van der Waals surface area contributed by atoms with Crippen molar-refractivity contribution in [2.24, 2.45) is 5.73 Å². The normalized spacial score (nSPS) is 13.5. The zero-order valence-corrected chi connectivity index (χ0v) is 6.38. The second kappa shape index (κ2) is 2.51. The second-order valence-electron chi connectivity index (χ2n) is 2.84. The Morgan fingerprint density at radius 2 is 2.27 bits per heavy atom. The van der Waals surface area contributed by atoms with E-state index in [1.165, 1.54) is 16.7 Å². The molecule has 0 unspecified atom stereocenters. The smallest absolute Gasteiger partial charge is 0.0178 e. The van der Waals surface area contributed by atoms with Crippen LogP contribution in [-0.4, -0.2) is 0 Å². The molecule has 0 aromatic heterocycles. The first-order chi connectivity index (χ1) is 5.40. The lowest BCUT2D eigenvalue weighted by Gasteiger charge is -2.00. The van der Waals surface area contributed by atoms with Crippen LogP contribution in [0.1, 0.15) is 16.7 Å². The summed E-state index contributed by atoms with van der Waals surface area (Å²) in [4.78, 5) is 0. The molecule has 1 nitrogen and oxygen atoms in total. The van der Waals surface area contributed by atoms with Gasteiger partial charge in [0.15, 0.2) is 0 Å². The lowest BCUT2D eigenvalue weighted by Crippen LogP contribution is -1.96. The first-order valence-corrected chi connectivity index (χ1v) is 3.88. The Labute approximate surface area is 66.5 Å². The van der Waals surface area contributed by atoms with Crippen molar-refractivity contribution < 1.29 is 0 Å². The number of hydrogen-bond acceptors (Lipinski definition) is 1. The van der Waals surface area contributed by atoms with Crippen molar-refractivity contribution in [2.45, 2.75) is 13.0 Å². The van der Waals surface area contributed by atoms with Gasteiger partial charge in [-0.1, -0.05) is 30.4 Å². The molecule has 0 fully saturated rings. The minimum Gasteiger partial charge on any atom is -0.326 e. The fraction of sp³-hybridized carbons (Fsp3) is 0.200. The van der Waals surface area contributed by atoms with Crippen molar-refractivity contribution in [3.8, 4) is 0 Å². The highest BCUT2D eigenvalue weighted by Gasteiger charge is 2.03. The molecule has 0 amide bonds. The van der Waals surface area contributed by atoms with E-state index in [1.807, 2.05) is 0 Å². The molecule has 1 heteroatoms. The molecule has 0 aliphatic heterocycles. The van der Waals surface area contributed by atoms with E-state index in [9.17, 15) is 0 Å². The standard InChI is InChI=1S/C10H11N/c11-7-8-4-5-9-2-1-3-10(9)6-8/h1-2,4-6H,3,7,11H2. The summed E-state index contributed by atoms with van der Waals surface area (Å²) in [5.41, 5.74) is 9.51. The SMILES string of the molecule is NCc1ccc2c(c1)CC=C2. The summed E-state index contributed by atoms with van der Waals surface area (Å²) in [7, 11) is 0. The van der Waals surface area contributed by atoms with Crippen LogP contribution < -0.4 is 5.73 Å². The third-order valence-electron chi connectivity index (χ3n) is 2.08. The van der Waals surface area contributed by atoms with Crippen molar-refractivity contribution in [2.75, 3.05) is 0 Å². The Hall–Kier alpha value is -1.08. The van der Waals surface area contributed by atoms with E-state index < -0.39 is 0 Å². The van der Waals surface area contributed by atoms with Gasteiger partial charge in [-0.05, 0) is 23.1 Å². The maximum atomic E-state index is 5.52. The molecule has 1 aliphatic rings. The topological polar surface area (TPSA) is 26.0 Å². The Morgan fingerprint density at radius 1 is 1.36 bits per heavy atom. The van der Waals surface area contributed by atoms with E-state index >= 15 is 0 Å². The molecule has 0 bridgehead atoms. The van der Waals surface area contributed by atoms with Gasteiger partial charge in [0, 0.05) is 6.54 Å². The lowest BCUT2D eigenvalue weighted by atomic mass is 10.1. The fourth-order valence-electron chi connectivity index (χ4n) is 1.44. The van der Waals surface area contributed by atoms with E-state index in [-0.39, 0.29) is 0 Å². The van der Waals surface area contributed by atoms with Gasteiger partial charge in [0.2, 0.25) is 0 Å². The van der Waals surface area contributed by atoms with E-state index in [1.54, 1.807) is 0 Å². The van der Waals surface area contributed by atoms with Crippen LogP contribution in [0, 0.1) is 0 Å². The van der Waals surface area contributed by atoms with Gasteiger partial charge in [-0.15, -0.1) is 0 Å². The molecule has 0 saturated heterocycles. The summed E-state index contributed by atoms with van der Waals surface area (Å²) >= 11 is 0. The zero-order chi connectivity index (χ0) is 7.68. The monoisotopic (exact) mass is 145 g/mol. The first kappa shape index (κ1) is 6.62. The van der Waals surface area contributed by atoms with Crippen LogP contribution in [0.3, 0.4) is 0 Å². The van der Waals surface area contributed by atoms with Crippen LogP contribution in [-0.2, 0) is 13.0 Å². The summed E-state index contributed by atoms with van der Waals surface area (Å²) in [6, 6.07) is 6.42. The van der Waals surface area contributed by atoms with Crippen molar-refractivity contribution in [1.82, 2.24) is 0 Å². The van der Waals surface area contributed by atoms with E-state index in [2.05, 4.69) is 30.4 Å². The van der Waals surface area contributed by atoms with Gasteiger partial charge < -0.3 is 5.73 Å². The minimum atomic E-state index is 0.646. The molecule has 0 heterocycles. The molecule has 0 spiro atoms. The summed E-state index contributed by atoms with van der Waals surface area (Å²) in [6.45, 7) is 0.646. The van der Waals surface area contributed by atoms with Crippen LogP contribution in [0.2, 0.25) is 0 Å². The zero-order valence-electron chi connectivity index (χ0n) is 6.38. The summed E-state index contributed by atoms with van der Waals surface area (Å²) in [5, 5.41) is 0. The van der Waals surface area contributed by atoms with E-state index in [0.29, 0.717) is 6.54 Å². The van der Waals surface area contributed by atoms with Gasteiger partial charge >= 0.3 is 0 Å². The molecule has 1 aromatic carbocycles. The highest BCUT2D eigenvalue weighted by molar-refractivity contribution is 5.60. The predicted octanol–water partition coefficient (Wildman–Crippen LogP) is 1.71. The quantitative estimate of drug-likeness (QED) is 0.639. The Balaban J connectivity index is 2.45. The average Bonchev–Trinajstić information content (AvgIpc) is 2.50. The molecular formula is C10H11N. The number of fused-ring (bicyclic) bond motifs is 1. The highest BCUT2D eigenvalue weighted by Crippen LogP contribution is 2.20. The Bertz CT molecular complexity index is 300. The van der Waals surface area contributed by atoms with Gasteiger partial charge in [-0.25, -0.2) is 0 Å². The molecule has 1 aliphatic carbocycles. The summed E-state index contributed by atoms with van der Waals surface area (Å²) in [5.74, 6) is 0. The van der Waals surface area contributed by atoms with Gasteiger partial charge in [-0.2, -0.15) is 0 Å². The Kier molecular flexibility index (Phi) is 1.51. The van der Waals surface area contributed by atoms with E-state index in [0.717, 1.165) is 6.42 Å². The number of benzene rings is 1. The van der Waals surface area contributed by atoms with Crippen molar-refractivity contribution in [3.63, 3.8) is 0 Å². The molecule has 2 rings (SSSR count). The number of hydrogen-bond donors (Lipinski definition) is 1. The van der Waals surface area contributed by atoms with Crippen LogP contribution >= 0.6 is 0 Å². The highest BCUT2D eigenvalue weighted by atomic mass is 14.5. The molecule has 0 saturated carbocycles. The van der Waals surface area contributed by atoms with Crippen LogP contribution in [0.25, 0.3) is 6.08 Å². The number of allylic oxidation sites excluding steroid dienone is 1. The van der Waals surface area contributed by atoms with Crippen molar-refractivity contribution in [3.05, 3.63) is 41.0 Å². The molecule has 2 N–H and O–H groups in total. The average molecular weight is 145 g/mol. The summed E-state index contributed by atoms with van der Waals surface area (Å²) in [6.07, 6.45) is 5.42. The van der Waals surface area contributed by atoms with Gasteiger partial charge in [-0.3, -0.25) is 0 Å². The fourth-order valence-corrected chi connectivity index (χ4v) is 1.44. The lowest BCUT2D eigenvalue weighted by molar-refractivity contribution is 1.06. The molecule has 11 heavy (non-hydrogen) atoms. The Morgan fingerprint density at radius 3 is 3.09 bits per heavy atom.